The first-order valence-electron chi connectivity index (χ1n) is 11.1. The Hall–Kier alpha value is -3.29. The summed E-state index contributed by atoms with van der Waals surface area (Å²) < 4.78 is 31.7. The summed E-state index contributed by atoms with van der Waals surface area (Å²) in [6.45, 7) is 3.81. The van der Waals surface area contributed by atoms with Crippen LogP contribution in [-0.4, -0.2) is 76.7 Å². The molecule has 5 N–H and O–H groups in total. The summed E-state index contributed by atoms with van der Waals surface area (Å²) in [5.74, 6) is -4.18. The minimum Gasteiger partial charge on any atom is -0.480 e. The molecule has 0 radical (unpaired) electrons. The van der Waals surface area contributed by atoms with Gasteiger partial charge in [-0.1, -0.05) is 44.2 Å². The van der Waals surface area contributed by atoms with Gasteiger partial charge in [0.05, 0.1) is 0 Å². The second kappa shape index (κ2) is 17.2. The number of thioether (sulfide) groups is 1. The highest BCUT2D eigenvalue weighted by molar-refractivity contribution is 7.98. The van der Waals surface area contributed by atoms with Crippen molar-refractivity contribution in [3.63, 3.8) is 0 Å². The van der Waals surface area contributed by atoms with Gasteiger partial charge in [0.1, 0.15) is 18.1 Å². The van der Waals surface area contributed by atoms with Gasteiger partial charge in [-0.15, -0.1) is 0 Å². The van der Waals surface area contributed by atoms with E-state index in [1.54, 1.807) is 36.0 Å². The van der Waals surface area contributed by atoms with E-state index in [0.717, 1.165) is 5.56 Å². The fraction of sp³-hybridized carbons (Fsp3) is 0.522. The maximum Gasteiger partial charge on any atom is 0.490 e. The van der Waals surface area contributed by atoms with E-state index in [2.05, 4.69) is 16.0 Å². The van der Waals surface area contributed by atoms with Crippen LogP contribution in [0.4, 0.5) is 13.2 Å². The molecule has 0 heterocycles. The minimum absolute atomic E-state index is 0.0853. The van der Waals surface area contributed by atoms with Crippen LogP contribution in [0.15, 0.2) is 30.3 Å². The molecule has 0 fully saturated rings. The van der Waals surface area contributed by atoms with Crippen molar-refractivity contribution in [3.8, 4) is 0 Å². The number of carbonyl (C=O) groups excluding carboxylic acids is 3. The van der Waals surface area contributed by atoms with E-state index in [0.29, 0.717) is 25.0 Å². The number of hydrogen-bond donors (Lipinski definition) is 5. The topological polar surface area (TPSA) is 162 Å². The lowest BCUT2D eigenvalue weighted by Gasteiger charge is -2.25. The first-order valence-corrected chi connectivity index (χ1v) is 12.5. The lowest BCUT2D eigenvalue weighted by Crippen LogP contribution is -2.55. The minimum atomic E-state index is -5.08. The van der Waals surface area contributed by atoms with Crippen molar-refractivity contribution >= 4 is 41.9 Å². The molecule has 0 aliphatic rings. The fourth-order valence-electron chi connectivity index (χ4n) is 2.91. The number of benzene rings is 1. The Morgan fingerprint density at radius 3 is 1.92 bits per heavy atom. The van der Waals surface area contributed by atoms with Crippen LogP contribution in [0, 0.1) is 5.92 Å². The SMILES string of the molecule is CSCC[C@H](NC=O)C(=O)N[C@@H](CC(C)C)C(=O)N[C@@H](Cc1ccccc1)C(=O)O.O=C(O)C(F)(F)F. The van der Waals surface area contributed by atoms with Crippen LogP contribution in [0.25, 0.3) is 0 Å². The summed E-state index contributed by atoms with van der Waals surface area (Å²) in [5.41, 5.74) is 0.780. The number of nitrogens with one attached hydrogen (secondary N) is 3. The van der Waals surface area contributed by atoms with Crippen LogP contribution in [0.5, 0.6) is 0 Å². The Morgan fingerprint density at radius 1 is 0.973 bits per heavy atom. The largest absolute Gasteiger partial charge is 0.490 e. The molecule has 0 spiro atoms. The molecule has 0 aliphatic heterocycles. The molecule has 0 saturated heterocycles. The van der Waals surface area contributed by atoms with Gasteiger partial charge in [0.2, 0.25) is 18.2 Å². The average Bonchev–Trinajstić information content (AvgIpc) is 2.80. The van der Waals surface area contributed by atoms with Crippen molar-refractivity contribution in [3.05, 3.63) is 35.9 Å². The van der Waals surface area contributed by atoms with E-state index in [1.165, 1.54) is 0 Å². The molecule has 1 aromatic rings. The molecule has 37 heavy (non-hydrogen) atoms. The zero-order chi connectivity index (χ0) is 28.6. The Labute approximate surface area is 216 Å². The van der Waals surface area contributed by atoms with Crippen molar-refractivity contribution in [2.45, 2.75) is 57.4 Å². The standard InChI is InChI=1S/C21H31N3O5S.C2HF3O2/c1-14(2)11-17(23-19(26)16(22-13-25)9-10-30-3)20(27)24-18(21(28)29)12-15-7-5-4-6-8-15;3-2(4,5)1(6)7/h4-8,13-14,16-18H,9-12H2,1-3H3,(H,22,25)(H,23,26)(H,24,27)(H,28,29);(H,6,7)/t16-,17-,18-;/m0./s1. The van der Waals surface area contributed by atoms with Crippen LogP contribution in [-0.2, 0) is 30.4 Å². The molecule has 3 amide bonds. The predicted molar refractivity (Wildman–Crippen MR) is 131 cm³/mol. The van der Waals surface area contributed by atoms with Crippen LogP contribution in [0.1, 0.15) is 32.3 Å². The third-order valence-electron chi connectivity index (χ3n) is 4.68. The maximum absolute atomic E-state index is 12.8. The molecule has 0 aromatic heterocycles. The second-order valence-electron chi connectivity index (χ2n) is 8.20. The lowest BCUT2D eigenvalue weighted by atomic mass is 10.0. The van der Waals surface area contributed by atoms with E-state index < -0.39 is 48.1 Å². The van der Waals surface area contributed by atoms with Crippen molar-refractivity contribution in [1.29, 1.82) is 0 Å². The van der Waals surface area contributed by atoms with Crippen molar-refractivity contribution in [1.82, 2.24) is 16.0 Å². The van der Waals surface area contributed by atoms with E-state index in [1.807, 2.05) is 26.2 Å². The molecule has 14 heteroatoms. The van der Waals surface area contributed by atoms with Crippen LogP contribution in [0.2, 0.25) is 0 Å². The number of rotatable bonds is 14. The van der Waals surface area contributed by atoms with Gasteiger partial charge < -0.3 is 26.2 Å². The Bertz CT molecular complexity index is 886. The number of hydrogen-bond acceptors (Lipinski definition) is 6. The highest BCUT2D eigenvalue weighted by Gasteiger charge is 2.38. The van der Waals surface area contributed by atoms with Gasteiger partial charge >= 0.3 is 18.1 Å². The zero-order valence-electron chi connectivity index (χ0n) is 20.6. The van der Waals surface area contributed by atoms with Gasteiger partial charge in [-0.3, -0.25) is 14.4 Å². The smallest absolute Gasteiger partial charge is 0.480 e. The van der Waals surface area contributed by atoms with Crippen molar-refractivity contribution in [2.75, 3.05) is 12.0 Å². The highest BCUT2D eigenvalue weighted by atomic mass is 32.2. The molecular weight excluding hydrogens is 519 g/mol. The highest BCUT2D eigenvalue weighted by Crippen LogP contribution is 2.13. The average molecular weight is 552 g/mol. The van der Waals surface area contributed by atoms with Gasteiger partial charge in [-0.25, -0.2) is 9.59 Å². The Morgan fingerprint density at radius 2 is 1.49 bits per heavy atom. The monoisotopic (exact) mass is 551 g/mol. The molecule has 3 atom stereocenters. The van der Waals surface area contributed by atoms with Crippen LogP contribution in [0.3, 0.4) is 0 Å². The number of carboxylic acids is 2. The number of carboxylic acid groups (broad SMARTS) is 2. The van der Waals surface area contributed by atoms with Crippen molar-refractivity contribution < 1.29 is 47.4 Å². The molecule has 1 rings (SSSR count). The van der Waals surface area contributed by atoms with Gasteiger partial charge in [-0.05, 0) is 36.3 Å². The molecule has 0 bridgehead atoms. The summed E-state index contributed by atoms with van der Waals surface area (Å²) in [6, 6.07) is 6.23. The summed E-state index contributed by atoms with van der Waals surface area (Å²) >= 11 is 1.54. The molecule has 0 unspecified atom stereocenters. The summed E-state index contributed by atoms with van der Waals surface area (Å²) in [7, 11) is 0. The van der Waals surface area contributed by atoms with E-state index >= 15 is 0 Å². The van der Waals surface area contributed by atoms with Gasteiger partial charge in [0, 0.05) is 6.42 Å². The molecule has 0 saturated carbocycles. The molecular formula is C23H32F3N3O7S. The number of carbonyl (C=O) groups is 5. The number of alkyl halides is 3. The third-order valence-corrected chi connectivity index (χ3v) is 5.32. The van der Waals surface area contributed by atoms with Crippen LogP contribution >= 0.6 is 11.8 Å². The van der Waals surface area contributed by atoms with E-state index in [4.69, 9.17) is 9.90 Å². The predicted octanol–water partition coefficient (Wildman–Crippen LogP) is 1.83. The molecule has 1 aromatic carbocycles. The molecule has 208 valence electrons. The van der Waals surface area contributed by atoms with E-state index in [-0.39, 0.29) is 12.3 Å². The Kier molecular flexibility index (Phi) is 15.7. The first kappa shape index (κ1) is 33.7. The Balaban J connectivity index is 0.00000161. The number of halogens is 3. The number of aliphatic carboxylic acids is 2. The lowest BCUT2D eigenvalue weighted by molar-refractivity contribution is -0.192. The fourth-order valence-corrected chi connectivity index (χ4v) is 3.38. The number of amides is 3. The summed E-state index contributed by atoms with van der Waals surface area (Å²) in [6.07, 6.45) is -1.83. The summed E-state index contributed by atoms with van der Waals surface area (Å²) in [5, 5.41) is 24.3. The van der Waals surface area contributed by atoms with Gasteiger partial charge in [0.15, 0.2) is 0 Å². The maximum atomic E-state index is 12.8. The second-order valence-corrected chi connectivity index (χ2v) is 9.19. The summed E-state index contributed by atoms with van der Waals surface area (Å²) in [4.78, 5) is 56.8. The van der Waals surface area contributed by atoms with Crippen molar-refractivity contribution in [2.24, 2.45) is 5.92 Å². The third kappa shape index (κ3) is 14.8. The van der Waals surface area contributed by atoms with E-state index in [9.17, 15) is 37.5 Å². The quantitative estimate of drug-likeness (QED) is 0.219. The molecule has 10 nitrogen and oxygen atoms in total. The first-order chi connectivity index (χ1) is 17.2. The zero-order valence-corrected chi connectivity index (χ0v) is 21.4. The molecule has 0 aliphatic carbocycles. The van der Waals surface area contributed by atoms with Crippen LogP contribution < -0.4 is 16.0 Å². The normalized spacial score (nSPS) is 13.3. The van der Waals surface area contributed by atoms with Gasteiger partial charge in [-0.2, -0.15) is 24.9 Å². The van der Waals surface area contributed by atoms with Gasteiger partial charge in [0.25, 0.3) is 0 Å².